The molecule has 0 amide bonds. The number of ketones is 1. The Bertz CT molecular complexity index is 1670. The van der Waals surface area contributed by atoms with Gasteiger partial charge in [-0.05, 0) is 55.5 Å². The van der Waals surface area contributed by atoms with Crippen LogP contribution in [-0.2, 0) is 29.0 Å². The Morgan fingerprint density at radius 3 is 2.02 bits per heavy atom. The summed E-state index contributed by atoms with van der Waals surface area (Å²) in [5.41, 5.74) is -2.38. The summed E-state index contributed by atoms with van der Waals surface area (Å²) in [6.45, 7) is 1.76. The number of sulfonamides is 1. The van der Waals surface area contributed by atoms with Gasteiger partial charge in [0.25, 0.3) is 0 Å². The second-order valence-electron chi connectivity index (χ2n) is 8.89. The largest absolute Gasteiger partial charge is 0.487 e. The van der Waals surface area contributed by atoms with Crippen LogP contribution < -0.4 is 9.88 Å². The first kappa shape index (κ1) is 29.7. The van der Waals surface area contributed by atoms with E-state index in [1.165, 1.54) is 18.3 Å². The van der Waals surface area contributed by atoms with Crippen molar-refractivity contribution in [2.45, 2.75) is 30.8 Å². The Hall–Kier alpha value is -4.30. The highest BCUT2D eigenvalue weighted by Crippen LogP contribution is 2.36. The fourth-order valence-corrected chi connectivity index (χ4v) is 4.49. The molecule has 0 atom stereocenters. The molecule has 2 aromatic heterocycles. The molecule has 0 aliphatic heterocycles. The fraction of sp³-hybridized carbons (Fsp3) is 0.148. The number of primary sulfonamides is 1. The molecule has 0 bridgehead atoms. The Morgan fingerprint density at radius 1 is 0.854 bits per heavy atom. The molecule has 2 heterocycles. The minimum Gasteiger partial charge on any atom is -0.487 e. The number of nitrogens with zero attached hydrogens (tertiary/aromatic N) is 2. The number of hydrogen-bond acceptors (Lipinski definition) is 6. The van der Waals surface area contributed by atoms with E-state index in [9.17, 15) is 39.6 Å². The zero-order chi connectivity index (χ0) is 30.2. The van der Waals surface area contributed by atoms with Crippen LogP contribution in [0.3, 0.4) is 0 Å². The van der Waals surface area contributed by atoms with Crippen molar-refractivity contribution in [3.8, 4) is 17.0 Å². The quantitative estimate of drug-likeness (QED) is 0.209. The number of rotatable bonds is 7. The third-order valence-corrected chi connectivity index (χ3v) is 6.74. The number of aryl methyl sites for hydroxylation is 1. The smallest absolute Gasteiger partial charge is 0.416 e. The zero-order valence-corrected chi connectivity index (χ0v) is 21.7. The molecule has 0 fully saturated rings. The number of alkyl halides is 6. The predicted molar refractivity (Wildman–Crippen MR) is 134 cm³/mol. The van der Waals surface area contributed by atoms with Crippen molar-refractivity contribution in [3.05, 3.63) is 107 Å². The number of benzene rings is 2. The molecule has 41 heavy (non-hydrogen) atoms. The van der Waals surface area contributed by atoms with Crippen LogP contribution >= 0.6 is 0 Å². The van der Waals surface area contributed by atoms with E-state index in [-0.39, 0.29) is 29.0 Å². The monoisotopic (exact) mass is 595 g/mol. The van der Waals surface area contributed by atoms with Crippen molar-refractivity contribution in [1.29, 1.82) is 0 Å². The molecule has 4 rings (SSSR count). The molecule has 14 heteroatoms. The van der Waals surface area contributed by atoms with Crippen molar-refractivity contribution in [1.82, 2.24) is 9.97 Å². The van der Waals surface area contributed by atoms with Crippen molar-refractivity contribution in [2.75, 3.05) is 0 Å². The lowest BCUT2D eigenvalue weighted by Crippen LogP contribution is -2.14. The van der Waals surface area contributed by atoms with Crippen LogP contribution in [0.2, 0.25) is 0 Å². The number of ether oxygens (including phenoxy) is 1. The van der Waals surface area contributed by atoms with Crippen molar-refractivity contribution >= 4 is 15.8 Å². The molecule has 214 valence electrons. The summed E-state index contributed by atoms with van der Waals surface area (Å²) in [5, 5.41) is 5.30. The average Bonchev–Trinajstić information content (AvgIpc) is 2.90. The van der Waals surface area contributed by atoms with Gasteiger partial charge in [-0.3, -0.25) is 9.78 Å². The molecule has 2 N–H and O–H groups in total. The maximum Gasteiger partial charge on any atom is 0.416 e. The summed E-state index contributed by atoms with van der Waals surface area (Å²) < 4.78 is 108. The number of carbonyl (C=O) groups excluding carboxylic acids is 1. The van der Waals surface area contributed by atoms with Gasteiger partial charge in [0.1, 0.15) is 18.1 Å². The first-order valence-corrected chi connectivity index (χ1v) is 13.1. The Labute approximate surface area is 229 Å². The highest BCUT2D eigenvalue weighted by atomic mass is 32.2. The first-order valence-electron chi connectivity index (χ1n) is 11.5. The van der Waals surface area contributed by atoms with Gasteiger partial charge in [0.05, 0.1) is 27.9 Å². The molecule has 0 unspecified atom stereocenters. The van der Waals surface area contributed by atoms with Crippen LogP contribution in [0.25, 0.3) is 11.3 Å². The lowest BCUT2D eigenvalue weighted by molar-refractivity contribution is -0.143. The average molecular weight is 596 g/mol. The highest BCUT2D eigenvalue weighted by Gasteiger charge is 2.37. The van der Waals surface area contributed by atoms with Crippen LogP contribution in [0.1, 0.15) is 38.3 Å². The molecule has 4 aromatic rings. The van der Waals surface area contributed by atoms with Gasteiger partial charge < -0.3 is 4.74 Å². The number of hydrogen-bond donors (Lipinski definition) is 1. The second-order valence-corrected chi connectivity index (χ2v) is 10.4. The molecular formula is C27H19F6N3O4S. The topological polar surface area (TPSA) is 112 Å². The molecule has 0 radical (unpaired) electrons. The van der Waals surface area contributed by atoms with Crippen LogP contribution in [0.5, 0.6) is 5.75 Å². The number of pyridine rings is 2. The Morgan fingerprint density at radius 2 is 1.51 bits per heavy atom. The van der Waals surface area contributed by atoms with E-state index in [1.807, 2.05) is 0 Å². The molecule has 0 spiro atoms. The van der Waals surface area contributed by atoms with Gasteiger partial charge in [0.15, 0.2) is 0 Å². The summed E-state index contributed by atoms with van der Waals surface area (Å²) in [4.78, 5) is 20.7. The number of nitrogens with two attached hydrogens (primary N) is 1. The minimum atomic E-state index is -5.10. The zero-order valence-electron chi connectivity index (χ0n) is 20.9. The van der Waals surface area contributed by atoms with E-state index in [1.54, 1.807) is 31.2 Å². The van der Waals surface area contributed by atoms with E-state index < -0.39 is 44.8 Å². The summed E-state index contributed by atoms with van der Waals surface area (Å²) in [6, 6.07) is 10.8. The van der Waals surface area contributed by atoms with E-state index in [2.05, 4.69) is 9.97 Å². The van der Waals surface area contributed by atoms with Crippen LogP contribution in [0.15, 0.2) is 78.0 Å². The van der Waals surface area contributed by atoms with Gasteiger partial charge in [-0.25, -0.2) is 18.5 Å². The number of carbonyl (C=O) groups is 1. The minimum absolute atomic E-state index is 0.0271. The van der Waals surface area contributed by atoms with Crippen molar-refractivity contribution < 1.29 is 44.3 Å². The van der Waals surface area contributed by atoms with Crippen LogP contribution in [0, 0.1) is 6.92 Å². The Kier molecular flexibility index (Phi) is 7.91. The lowest BCUT2D eigenvalue weighted by Gasteiger charge is -2.13. The van der Waals surface area contributed by atoms with Gasteiger partial charge in [-0.2, -0.15) is 26.3 Å². The SMILES string of the molecule is Cc1ccc(S(N)(=O)=O)c(-c2ccc(COc3ccc(C(=O)c4cc(C(F)(F)F)cc(C(F)(F)F)c4)nc3)cn2)c1. The normalized spacial score (nSPS) is 12.3. The number of halogens is 6. The molecule has 2 aromatic carbocycles. The second kappa shape index (κ2) is 10.9. The maximum absolute atomic E-state index is 13.1. The molecule has 0 aliphatic rings. The molecular weight excluding hydrogens is 576 g/mol. The summed E-state index contributed by atoms with van der Waals surface area (Å²) in [6.07, 6.45) is -7.65. The molecule has 0 saturated heterocycles. The van der Waals surface area contributed by atoms with Gasteiger partial charge >= 0.3 is 12.4 Å². The van der Waals surface area contributed by atoms with E-state index >= 15 is 0 Å². The third-order valence-electron chi connectivity index (χ3n) is 5.77. The first-order chi connectivity index (χ1) is 19.0. The van der Waals surface area contributed by atoms with Crippen molar-refractivity contribution in [3.63, 3.8) is 0 Å². The van der Waals surface area contributed by atoms with Crippen LogP contribution in [-0.4, -0.2) is 24.2 Å². The predicted octanol–water partition coefficient (Wildman–Crippen LogP) is 5.95. The van der Waals surface area contributed by atoms with Crippen molar-refractivity contribution in [2.24, 2.45) is 5.14 Å². The Balaban J connectivity index is 1.49. The standard InChI is InChI=1S/C27H19F6N3O4S/c1-15-2-7-24(41(34,38)39)21(8-15)22-5-3-16(12-35-22)14-40-20-4-6-23(36-13-20)25(37)17-9-18(26(28,29)30)11-19(10-17)27(31,32)33/h2-13H,14H2,1H3,(H2,34,38,39). The van der Waals surface area contributed by atoms with E-state index in [4.69, 9.17) is 9.88 Å². The third kappa shape index (κ3) is 7.08. The maximum atomic E-state index is 13.1. The fourth-order valence-electron chi connectivity index (χ4n) is 3.76. The molecule has 7 nitrogen and oxygen atoms in total. The van der Waals surface area contributed by atoms with E-state index in [0.717, 1.165) is 17.8 Å². The molecule has 0 saturated carbocycles. The van der Waals surface area contributed by atoms with Gasteiger partial charge in [-0.1, -0.05) is 17.7 Å². The van der Waals surface area contributed by atoms with Gasteiger partial charge in [0.2, 0.25) is 15.8 Å². The van der Waals surface area contributed by atoms with Gasteiger partial charge in [0, 0.05) is 22.9 Å². The van der Waals surface area contributed by atoms with Gasteiger partial charge in [-0.15, -0.1) is 0 Å². The van der Waals surface area contributed by atoms with Crippen LogP contribution in [0.4, 0.5) is 26.3 Å². The number of aromatic nitrogens is 2. The lowest BCUT2D eigenvalue weighted by atomic mass is 10.0. The summed E-state index contributed by atoms with van der Waals surface area (Å²) >= 11 is 0. The summed E-state index contributed by atoms with van der Waals surface area (Å²) in [5.74, 6) is -0.983. The summed E-state index contributed by atoms with van der Waals surface area (Å²) in [7, 11) is -4.00. The highest BCUT2D eigenvalue weighted by molar-refractivity contribution is 7.89. The molecule has 0 aliphatic carbocycles. The van der Waals surface area contributed by atoms with E-state index in [0.29, 0.717) is 29.0 Å².